The Morgan fingerprint density at radius 1 is 1.00 bits per heavy atom. The fraction of sp³-hybridized carbons (Fsp3) is 0.647. The van der Waals surface area contributed by atoms with Gasteiger partial charge in [0, 0.05) is 5.54 Å². The zero-order chi connectivity index (χ0) is 16.3. The molecule has 0 unspecified atom stereocenters. The number of aryl methyl sites for hydroxylation is 1. The third-order valence-electron chi connectivity index (χ3n) is 3.62. The average molecular weight is 362 g/mol. The molecule has 0 spiro atoms. The number of halogens is 3. The van der Waals surface area contributed by atoms with Crippen molar-refractivity contribution in [2.24, 2.45) is 5.41 Å². The second-order valence-corrected chi connectivity index (χ2v) is 8.30. The summed E-state index contributed by atoms with van der Waals surface area (Å²) in [5.41, 5.74) is 0.651. The van der Waals surface area contributed by atoms with Crippen molar-refractivity contribution in [3.05, 3.63) is 33.8 Å². The number of hydrogen-bond donors (Lipinski definition) is 1. The van der Waals surface area contributed by atoms with Crippen LogP contribution < -0.4 is 5.32 Å². The Morgan fingerprint density at radius 2 is 1.62 bits per heavy atom. The van der Waals surface area contributed by atoms with Crippen molar-refractivity contribution in [2.75, 3.05) is 6.54 Å². The molecule has 0 amide bonds. The van der Waals surface area contributed by atoms with Crippen molar-refractivity contribution in [2.45, 2.75) is 59.4 Å². The molecule has 1 nitrogen and oxygen atoms in total. The number of nitrogens with one attached hydrogen (secondary N) is 1. The Morgan fingerprint density at radius 3 is 2.19 bits per heavy atom. The van der Waals surface area contributed by atoms with Crippen LogP contribution in [0.25, 0.3) is 0 Å². The molecule has 0 aromatic heterocycles. The van der Waals surface area contributed by atoms with Crippen LogP contribution in [0.1, 0.15) is 53.0 Å². The molecule has 1 aromatic rings. The molecule has 120 valence electrons. The summed E-state index contributed by atoms with van der Waals surface area (Å²) in [5, 5.41) is 3.46. The third-order valence-corrected chi connectivity index (χ3v) is 4.23. The molecule has 0 aliphatic rings. The molecule has 0 radical (unpaired) electrons. The summed E-state index contributed by atoms with van der Waals surface area (Å²) in [7, 11) is 0. The van der Waals surface area contributed by atoms with Crippen LogP contribution in [0.15, 0.2) is 16.6 Å². The maximum absolute atomic E-state index is 13.8. The van der Waals surface area contributed by atoms with E-state index in [0.29, 0.717) is 12.0 Å². The Kier molecular flexibility index (Phi) is 6.36. The SMILES string of the molecule is CC(C)(CCNC(C)(C)C)CCc1cc(F)c(Br)cc1F. The van der Waals surface area contributed by atoms with Gasteiger partial charge in [-0.25, -0.2) is 8.78 Å². The molecule has 1 rings (SSSR count). The standard InChI is InChI=1S/C17H26BrF2N/c1-16(2,3)21-9-8-17(4,5)7-6-12-10-15(20)13(18)11-14(12)19/h10-11,21H,6-9H2,1-5H3. The van der Waals surface area contributed by atoms with Crippen LogP contribution in [0.3, 0.4) is 0 Å². The number of rotatable bonds is 6. The smallest absolute Gasteiger partial charge is 0.137 e. The van der Waals surface area contributed by atoms with E-state index in [1.807, 2.05) is 0 Å². The van der Waals surface area contributed by atoms with Gasteiger partial charge in [-0.1, -0.05) is 13.8 Å². The lowest BCUT2D eigenvalue weighted by atomic mass is 9.83. The van der Waals surface area contributed by atoms with Crippen LogP contribution in [-0.2, 0) is 6.42 Å². The topological polar surface area (TPSA) is 12.0 Å². The van der Waals surface area contributed by atoms with Gasteiger partial charge in [0.15, 0.2) is 0 Å². The van der Waals surface area contributed by atoms with Crippen molar-refractivity contribution in [3.8, 4) is 0 Å². The van der Waals surface area contributed by atoms with Gasteiger partial charge in [0.25, 0.3) is 0 Å². The van der Waals surface area contributed by atoms with Crippen LogP contribution in [0, 0.1) is 17.0 Å². The summed E-state index contributed by atoms with van der Waals surface area (Å²) in [6.07, 6.45) is 2.39. The molecule has 0 aliphatic carbocycles. The molecule has 0 aliphatic heterocycles. The first-order chi connectivity index (χ1) is 9.50. The lowest BCUT2D eigenvalue weighted by molar-refractivity contribution is 0.283. The monoisotopic (exact) mass is 361 g/mol. The third kappa shape index (κ3) is 6.88. The molecular formula is C17H26BrF2N. The van der Waals surface area contributed by atoms with E-state index in [9.17, 15) is 8.78 Å². The van der Waals surface area contributed by atoms with Gasteiger partial charge in [-0.15, -0.1) is 0 Å². The van der Waals surface area contributed by atoms with E-state index in [0.717, 1.165) is 19.4 Å². The van der Waals surface area contributed by atoms with E-state index < -0.39 is 5.82 Å². The maximum Gasteiger partial charge on any atom is 0.137 e. The van der Waals surface area contributed by atoms with E-state index >= 15 is 0 Å². The first-order valence-corrected chi connectivity index (χ1v) is 8.18. The van der Waals surface area contributed by atoms with Crippen molar-refractivity contribution >= 4 is 15.9 Å². The molecule has 4 heteroatoms. The molecule has 21 heavy (non-hydrogen) atoms. The predicted molar refractivity (Wildman–Crippen MR) is 88.5 cm³/mol. The minimum atomic E-state index is -0.404. The lowest BCUT2D eigenvalue weighted by Gasteiger charge is -2.28. The maximum atomic E-state index is 13.8. The lowest BCUT2D eigenvalue weighted by Crippen LogP contribution is -2.38. The molecular weight excluding hydrogens is 336 g/mol. The van der Waals surface area contributed by atoms with Crippen molar-refractivity contribution in [1.82, 2.24) is 5.32 Å². The zero-order valence-electron chi connectivity index (χ0n) is 13.6. The van der Waals surface area contributed by atoms with Crippen molar-refractivity contribution in [1.29, 1.82) is 0 Å². The van der Waals surface area contributed by atoms with Gasteiger partial charge in [0.1, 0.15) is 11.6 Å². The van der Waals surface area contributed by atoms with Crippen molar-refractivity contribution < 1.29 is 8.78 Å². The minimum absolute atomic E-state index is 0.0915. The van der Waals surface area contributed by atoms with Gasteiger partial charge in [-0.3, -0.25) is 0 Å². The molecule has 0 bridgehead atoms. The molecule has 0 saturated carbocycles. The highest BCUT2D eigenvalue weighted by Gasteiger charge is 2.20. The molecule has 1 aromatic carbocycles. The van der Waals surface area contributed by atoms with E-state index in [1.165, 1.54) is 12.1 Å². The van der Waals surface area contributed by atoms with Crippen LogP contribution >= 0.6 is 15.9 Å². The first kappa shape index (κ1) is 18.6. The van der Waals surface area contributed by atoms with Gasteiger partial charge in [0.2, 0.25) is 0 Å². The summed E-state index contributed by atoms with van der Waals surface area (Å²) in [6, 6.07) is 2.50. The summed E-state index contributed by atoms with van der Waals surface area (Å²) in [5.74, 6) is -0.745. The van der Waals surface area contributed by atoms with Gasteiger partial charge >= 0.3 is 0 Å². The van der Waals surface area contributed by atoms with Crippen LogP contribution in [0.5, 0.6) is 0 Å². The molecule has 0 atom stereocenters. The van der Waals surface area contributed by atoms with E-state index in [-0.39, 0.29) is 21.2 Å². The van der Waals surface area contributed by atoms with Gasteiger partial charge in [0.05, 0.1) is 4.47 Å². The van der Waals surface area contributed by atoms with Gasteiger partial charge in [-0.05, 0) is 85.6 Å². The first-order valence-electron chi connectivity index (χ1n) is 7.39. The van der Waals surface area contributed by atoms with Crippen molar-refractivity contribution in [3.63, 3.8) is 0 Å². The largest absolute Gasteiger partial charge is 0.312 e. The fourth-order valence-electron chi connectivity index (χ4n) is 2.13. The second kappa shape index (κ2) is 7.19. The quantitative estimate of drug-likeness (QED) is 0.662. The van der Waals surface area contributed by atoms with Gasteiger partial charge in [-0.2, -0.15) is 0 Å². The molecule has 0 saturated heterocycles. The Balaban J connectivity index is 2.55. The van der Waals surface area contributed by atoms with Crippen LogP contribution in [0.4, 0.5) is 8.78 Å². The highest BCUT2D eigenvalue weighted by Crippen LogP contribution is 2.29. The average Bonchev–Trinajstić information content (AvgIpc) is 2.30. The Hall–Kier alpha value is -0.480. The predicted octanol–water partition coefficient (Wildman–Crippen LogP) is 5.46. The second-order valence-electron chi connectivity index (χ2n) is 7.45. The summed E-state index contributed by atoms with van der Waals surface area (Å²) in [6.45, 7) is 11.7. The summed E-state index contributed by atoms with van der Waals surface area (Å²) < 4.78 is 27.5. The molecule has 0 fully saturated rings. The van der Waals surface area contributed by atoms with E-state index in [1.54, 1.807) is 0 Å². The minimum Gasteiger partial charge on any atom is -0.312 e. The number of benzene rings is 1. The van der Waals surface area contributed by atoms with Crippen LogP contribution in [-0.4, -0.2) is 12.1 Å². The highest BCUT2D eigenvalue weighted by atomic mass is 79.9. The molecule has 0 heterocycles. The van der Waals surface area contributed by atoms with E-state index in [2.05, 4.69) is 55.9 Å². The fourth-order valence-corrected chi connectivity index (χ4v) is 2.44. The van der Waals surface area contributed by atoms with Gasteiger partial charge < -0.3 is 5.32 Å². The normalized spacial score (nSPS) is 12.8. The summed E-state index contributed by atoms with van der Waals surface area (Å²) in [4.78, 5) is 0. The zero-order valence-corrected chi connectivity index (χ0v) is 15.2. The Labute approximate surface area is 135 Å². The molecule has 1 N–H and O–H groups in total. The van der Waals surface area contributed by atoms with E-state index in [4.69, 9.17) is 0 Å². The number of hydrogen-bond acceptors (Lipinski definition) is 1. The highest BCUT2D eigenvalue weighted by molar-refractivity contribution is 9.10. The Bertz CT molecular complexity index is 478. The van der Waals surface area contributed by atoms with Crippen LogP contribution in [0.2, 0.25) is 0 Å². The summed E-state index contributed by atoms with van der Waals surface area (Å²) >= 11 is 3.00.